The van der Waals surface area contributed by atoms with E-state index in [1.807, 2.05) is 20.8 Å². The molecule has 0 bridgehead atoms. The molecular formula is C15H24N2O3S. The highest BCUT2D eigenvalue weighted by atomic mass is 32.1. The van der Waals surface area contributed by atoms with Crippen molar-refractivity contribution in [1.82, 2.24) is 0 Å². The van der Waals surface area contributed by atoms with Gasteiger partial charge < -0.3 is 20.5 Å². The van der Waals surface area contributed by atoms with Gasteiger partial charge in [0.1, 0.15) is 5.00 Å². The molecule has 1 aromatic rings. The summed E-state index contributed by atoms with van der Waals surface area (Å²) in [5, 5.41) is 11.1. The van der Waals surface area contributed by atoms with Crippen LogP contribution in [-0.2, 0) is 0 Å². The van der Waals surface area contributed by atoms with Crippen molar-refractivity contribution in [3.05, 3.63) is 4.88 Å². The molecule has 0 saturated carbocycles. The van der Waals surface area contributed by atoms with Crippen LogP contribution in [0.5, 0.6) is 5.75 Å². The first-order chi connectivity index (χ1) is 9.76. The summed E-state index contributed by atoms with van der Waals surface area (Å²) in [4.78, 5) is 14.9. The lowest BCUT2D eigenvalue weighted by molar-refractivity contribution is 0.0450. The summed E-state index contributed by atoms with van der Waals surface area (Å²) in [5.74, 6) is 0.487. The lowest BCUT2D eigenvalue weighted by Gasteiger charge is -2.37. The number of aliphatic hydroxyl groups is 1. The van der Waals surface area contributed by atoms with Crippen molar-refractivity contribution in [2.75, 3.05) is 30.8 Å². The first-order valence-electron chi connectivity index (χ1n) is 7.24. The van der Waals surface area contributed by atoms with Gasteiger partial charge in [-0.1, -0.05) is 13.8 Å². The fourth-order valence-corrected chi connectivity index (χ4v) is 3.96. The number of thiophene rings is 1. The van der Waals surface area contributed by atoms with Crippen LogP contribution in [0.25, 0.3) is 0 Å². The molecule has 1 aliphatic heterocycles. The van der Waals surface area contributed by atoms with Crippen LogP contribution in [-0.4, -0.2) is 36.7 Å². The van der Waals surface area contributed by atoms with Crippen LogP contribution in [0.4, 0.5) is 10.7 Å². The summed E-state index contributed by atoms with van der Waals surface area (Å²) in [5.41, 5.74) is 5.80. The van der Waals surface area contributed by atoms with E-state index >= 15 is 0 Å². The minimum absolute atomic E-state index is 0.0332. The molecule has 5 nitrogen and oxygen atoms in total. The van der Waals surface area contributed by atoms with Gasteiger partial charge in [-0.3, -0.25) is 4.79 Å². The van der Waals surface area contributed by atoms with Crippen LogP contribution >= 0.6 is 11.3 Å². The number of piperidine rings is 1. The lowest BCUT2D eigenvalue weighted by atomic mass is 9.95. The summed E-state index contributed by atoms with van der Waals surface area (Å²) in [6.07, 6.45) is 1.69. The maximum atomic E-state index is 12.3. The van der Waals surface area contributed by atoms with Gasteiger partial charge in [0.15, 0.2) is 11.5 Å². The van der Waals surface area contributed by atoms with E-state index in [9.17, 15) is 9.90 Å². The first kappa shape index (κ1) is 16.1. The lowest BCUT2D eigenvalue weighted by Crippen LogP contribution is -2.46. The van der Waals surface area contributed by atoms with E-state index in [1.54, 1.807) is 7.11 Å². The van der Waals surface area contributed by atoms with Crippen molar-refractivity contribution >= 4 is 27.8 Å². The smallest absolute Gasteiger partial charge is 0.177 e. The topological polar surface area (TPSA) is 75.8 Å². The van der Waals surface area contributed by atoms with Crippen LogP contribution < -0.4 is 15.4 Å². The maximum absolute atomic E-state index is 12.3. The Morgan fingerprint density at radius 1 is 1.52 bits per heavy atom. The van der Waals surface area contributed by atoms with Crippen LogP contribution in [0.2, 0.25) is 0 Å². The Hall–Kier alpha value is -1.27. The van der Waals surface area contributed by atoms with Crippen LogP contribution in [0.1, 0.15) is 43.3 Å². The molecule has 0 aromatic carbocycles. The molecule has 21 heavy (non-hydrogen) atoms. The Bertz CT molecular complexity index is 537. The Balaban J connectivity index is 2.39. The molecule has 118 valence electrons. The predicted octanol–water partition coefficient (Wildman–Crippen LogP) is 2.53. The molecule has 0 amide bonds. The van der Waals surface area contributed by atoms with Gasteiger partial charge >= 0.3 is 0 Å². The molecule has 1 saturated heterocycles. The third kappa shape index (κ3) is 3.16. The number of nitrogen functional groups attached to an aromatic ring is 1. The molecule has 1 aromatic heterocycles. The number of carbonyl (C=O) groups is 1. The average molecular weight is 312 g/mol. The SMILES string of the molecule is COc1c(N2CCCC(C)(O)C2)sc(C(=O)C(C)C)c1N. The highest BCUT2D eigenvalue weighted by molar-refractivity contribution is 7.19. The molecule has 1 aliphatic rings. The standard InChI is InChI=1S/C15H24N2O3S/c1-9(2)11(18)13-10(16)12(20-4)14(21-13)17-7-5-6-15(3,19)8-17/h9,19H,5-8,16H2,1-4H3. The van der Waals surface area contributed by atoms with Crippen molar-refractivity contribution in [2.45, 2.75) is 39.2 Å². The summed E-state index contributed by atoms with van der Waals surface area (Å²) in [6.45, 7) is 6.92. The Labute approximate surface area is 129 Å². The van der Waals surface area contributed by atoms with E-state index in [0.717, 1.165) is 24.4 Å². The molecule has 1 atom stereocenters. The number of Topliss-reactive ketones (excluding diaryl/α,β-unsaturated/α-hetero) is 1. The highest BCUT2D eigenvalue weighted by Gasteiger charge is 2.33. The Kier molecular flexibility index (Phi) is 4.49. The van der Waals surface area contributed by atoms with Crippen molar-refractivity contribution < 1.29 is 14.6 Å². The van der Waals surface area contributed by atoms with Crippen LogP contribution in [0, 0.1) is 5.92 Å². The van der Waals surface area contributed by atoms with Gasteiger partial charge in [0.25, 0.3) is 0 Å². The number of hydrogen-bond acceptors (Lipinski definition) is 6. The molecule has 2 heterocycles. The predicted molar refractivity (Wildman–Crippen MR) is 86.5 cm³/mol. The number of nitrogens with zero attached hydrogens (tertiary/aromatic N) is 1. The summed E-state index contributed by atoms with van der Waals surface area (Å²) < 4.78 is 5.42. The number of ether oxygens (including phenoxy) is 1. The third-order valence-electron chi connectivity index (χ3n) is 3.80. The first-order valence-corrected chi connectivity index (χ1v) is 8.06. The maximum Gasteiger partial charge on any atom is 0.177 e. The Morgan fingerprint density at radius 2 is 2.19 bits per heavy atom. The van der Waals surface area contributed by atoms with E-state index in [0.29, 0.717) is 22.9 Å². The zero-order valence-corrected chi connectivity index (χ0v) is 13.9. The molecule has 0 spiro atoms. The minimum Gasteiger partial charge on any atom is -0.492 e. The number of methoxy groups -OCH3 is 1. The number of anilines is 2. The zero-order valence-electron chi connectivity index (χ0n) is 13.1. The molecule has 6 heteroatoms. The molecule has 1 unspecified atom stereocenters. The number of rotatable bonds is 4. The third-order valence-corrected chi connectivity index (χ3v) is 5.06. The molecule has 1 fully saturated rings. The van der Waals surface area contributed by atoms with Gasteiger partial charge in [0.2, 0.25) is 0 Å². The molecule has 3 N–H and O–H groups in total. The summed E-state index contributed by atoms with van der Waals surface area (Å²) in [6, 6.07) is 0. The van der Waals surface area contributed by atoms with Crippen molar-refractivity contribution in [1.29, 1.82) is 0 Å². The minimum atomic E-state index is -0.718. The fourth-order valence-electron chi connectivity index (χ4n) is 2.66. The largest absolute Gasteiger partial charge is 0.492 e. The number of carbonyl (C=O) groups excluding carboxylic acids is 1. The normalized spacial score (nSPS) is 22.7. The van der Waals surface area contributed by atoms with Gasteiger partial charge in [-0.15, -0.1) is 11.3 Å². The van der Waals surface area contributed by atoms with E-state index in [2.05, 4.69) is 4.90 Å². The quantitative estimate of drug-likeness (QED) is 0.836. The van der Waals surface area contributed by atoms with Crippen LogP contribution in [0.15, 0.2) is 0 Å². The number of nitrogens with two attached hydrogens (primary N) is 1. The number of ketones is 1. The van der Waals surface area contributed by atoms with E-state index < -0.39 is 5.60 Å². The van der Waals surface area contributed by atoms with E-state index in [-0.39, 0.29) is 11.7 Å². The zero-order chi connectivity index (χ0) is 15.8. The second kappa shape index (κ2) is 5.85. The van der Waals surface area contributed by atoms with Crippen molar-refractivity contribution in [3.8, 4) is 5.75 Å². The second-order valence-electron chi connectivity index (χ2n) is 6.22. The highest BCUT2D eigenvalue weighted by Crippen LogP contribution is 2.46. The van der Waals surface area contributed by atoms with Crippen molar-refractivity contribution in [2.24, 2.45) is 5.92 Å². The molecule has 0 aliphatic carbocycles. The summed E-state index contributed by atoms with van der Waals surface area (Å²) >= 11 is 1.37. The van der Waals surface area contributed by atoms with Crippen molar-refractivity contribution in [3.63, 3.8) is 0 Å². The average Bonchev–Trinajstić information content (AvgIpc) is 2.73. The van der Waals surface area contributed by atoms with Crippen LogP contribution in [0.3, 0.4) is 0 Å². The second-order valence-corrected chi connectivity index (χ2v) is 7.22. The Morgan fingerprint density at radius 3 is 2.71 bits per heavy atom. The number of β-amino-alcohol motifs (C(OH)–C–C–N with tert-alkyl or cyclic N) is 1. The van der Waals surface area contributed by atoms with E-state index in [1.165, 1.54) is 11.3 Å². The molecule has 0 radical (unpaired) electrons. The van der Waals surface area contributed by atoms with Gasteiger partial charge in [0.05, 0.1) is 23.3 Å². The fraction of sp³-hybridized carbons (Fsp3) is 0.667. The number of hydrogen-bond donors (Lipinski definition) is 2. The van der Waals surface area contributed by atoms with Gasteiger partial charge in [-0.25, -0.2) is 0 Å². The van der Waals surface area contributed by atoms with Gasteiger partial charge in [-0.2, -0.15) is 0 Å². The molecule has 2 rings (SSSR count). The summed E-state index contributed by atoms with van der Waals surface area (Å²) in [7, 11) is 1.56. The van der Waals surface area contributed by atoms with Gasteiger partial charge in [0, 0.05) is 19.0 Å². The molecular weight excluding hydrogens is 288 g/mol. The van der Waals surface area contributed by atoms with Gasteiger partial charge in [-0.05, 0) is 19.8 Å². The van der Waals surface area contributed by atoms with E-state index in [4.69, 9.17) is 10.5 Å². The monoisotopic (exact) mass is 312 g/mol.